The number of rotatable bonds is 5. The van der Waals surface area contributed by atoms with Crippen molar-refractivity contribution in [2.45, 2.75) is 45.6 Å². The molecule has 0 fully saturated rings. The number of benzene rings is 1. The third kappa shape index (κ3) is 3.57. The molecule has 1 aliphatic carbocycles. The van der Waals surface area contributed by atoms with Crippen molar-refractivity contribution in [3.05, 3.63) is 34.9 Å². The lowest BCUT2D eigenvalue weighted by Gasteiger charge is -2.17. The molecule has 0 heterocycles. The van der Waals surface area contributed by atoms with Crippen LogP contribution in [0.5, 0.6) is 0 Å². The van der Waals surface area contributed by atoms with Gasteiger partial charge in [-0.25, -0.2) is 0 Å². The van der Waals surface area contributed by atoms with E-state index >= 15 is 0 Å². The molecule has 0 saturated carbocycles. The molecular formula is C16H23NO2. The van der Waals surface area contributed by atoms with E-state index in [1.165, 1.54) is 30.4 Å². The number of aryl methyl sites for hydroxylation is 2. The molecule has 0 radical (unpaired) electrons. The first-order valence-corrected chi connectivity index (χ1v) is 7.23. The minimum Gasteiger partial charge on any atom is -0.396 e. The molecule has 1 atom stereocenters. The number of nitrogens with one attached hydrogen (secondary N) is 1. The molecule has 0 bridgehead atoms. The third-order valence-electron chi connectivity index (χ3n) is 3.96. The first-order valence-electron chi connectivity index (χ1n) is 7.23. The van der Waals surface area contributed by atoms with Crippen LogP contribution in [0.1, 0.15) is 42.9 Å². The maximum absolute atomic E-state index is 11.8. The number of fused-ring (bicyclic) bond motifs is 1. The summed E-state index contributed by atoms with van der Waals surface area (Å²) in [4.78, 5) is 11.8. The molecule has 1 amide bonds. The number of aliphatic hydroxyl groups is 1. The number of hydrogen-bond donors (Lipinski definition) is 2. The smallest absolute Gasteiger partial charge is 0.225 e. The van der Waals surface area contributed by atoms with Crippen molar-refractivity contribution in [3.63, 3.8) is 0 Å². The lowest BCUT2D eigenvalue weighted by Crippen LogP contribution is -2.31. The van der Waals surface area contributed by atoms with Gasteiger partial charge in [-0.3, -0.25) is 4.79 Å². The highest BCUT2D eigenvalue weighted by molar-refractivity contribution is 5.78. The van der Waals surface area contributed by atoms with Crippen LogP contribution in [0.25, 0.3) is 0 Å². The lowest BCUT2D eigenvalue weighted by atomic mass is 9.90. The van der Waals surface area contributed by atoms with Gasteiger partial charge in [-0.05, 0) is 48.8 Å². The van der Waals surface area contributed by atoms with Crippen molar-refractivity contribution < 1.29 is 9.90 Å². The van der Waals surface area contributed by atoms with Crippen molar-refractivity contribution >= 4 is 5.91 Å². The molecule has 3 nitrogen and oxygen atoms in total. The maximum atomic E-state index is 11.8. The van der Waals surface area contributed by atoms with Gasteiger partial charge in [0.15, 0.2) is 0 Å². The zero-order valence-corrected chi connectivity index (χ0v) is 11.6. The van der Waals surface area contributed by atoms with E-state index in [-0.39, 0.29) is 18.4 Å². The van der Waals surface area contributed by atoms with Crippen LogP contribution in [0.2, 0.25) is 0 Å². The van der Waals surface area contributed by atoms with Crippen LogP contribution in [0.3, 0.4) is 0 Å². The fraction of sp³-hybridized carbons (Fsp3) is 0.562. The molecule has 2 N–H and O–H groups in total. The van der Waals surface area contributed by atoms with E-state index in [2.05, 4.69) is 23.5 Å². The van der Waals surface area contributed by atoms with Gasteiger partial charge in [0, 0.05) is 6.54 Å². The van der Waals surface area contributed by atoms with Crippen LogP contribution in [-0.4, -0.2) is 17.6 Å². The summed E-state index contributed by atoms with van der Waals surface area (Å²) < 4.78 is 0. The summed E-state index contributed by atoms with van der Waals surface area (Å²) in [6, 6.07) is 6.51. The topological polar surface area (TPSA) is 49.3 Å². The van der Waals surface area contributed by atoms with E-state index in [1.54, 1.807) is 0 Å². The highest BCUT2D eigenvalue weighted by atomic mass is 16.3. The highest BCUT2D eigenvalue weighted by Crippen LogP contribution is 2.22. The molecule has 1 aliphatic rings. The highest BCUT2D eigenvalue weighted by Gasteiger charge is 2.15. The number of aliphatic hydroxyl groups excluding tert-OH is 1. The third-order valence-corrected chi connectivity index (χ3v) is 3.96. The Kier molecular flexibility index (Phi) is 4.97. The quantitative estimate of drug-likeness (QED) is 0.853. The van der Waals surface area contributed by atoms with Gasteiger partial charge in [0.2, 0.25) is 5.91 Å². The summed E-state index contributed by atoms with van der Waals surface area (Å²) in [5.74, 6) is -0.333. The number of carbonyl (C=O) groups excluding carboxylic acids is 1. The Morgan fingerprint density at radius 3 is 2.74 bits per heavy atom. The van der Waals surface area contributed by atoms with Crippen molar-refractivity contribution in [2.75, 3.05) is 6.61 Å². The molecule has 0 spiro atoms. The zero-order valence-electron chi connectivity index (χ0n) is 11.6. The van der Waals surface area contributed by atoms with E-state index in [9.17, 15) is 4.79 Å². The van der Waals surface area contributed by atoms with Gasteiger partial charge in [-0.15, -0.1) is 0 Å². The van der Waals surface area contributed by atoms with Gasteiger partial charge in [0.1, 0.15) is 0 Å². The van der Waals surface area contributed by atoms with E-state index in [0.717, 1.165) is 12.0 Å². The summed E-state index contributed by atoms with van der Waals surface area (Å²) in [5.41, 5.74) is 4.05. The molecule has 104 valence electrons. The fourth-order valence-electron chi connectivity index (χ4n) is 2.63. The molecule has 0 aromatic heterocycles. The largest absolute Gasteiger partial charge is 0.396 e. The molecule has 0 aliphatic heterocycles. The molecule has 1 aromatic rings. The van der Waals surface area contributed by atoms with Gasteiger partial charge in [-0.1, -0.05) is 25.1 Å². The van der Waals surface area contributed by atoms with Crippen molar-refractivity contribution in [3.8, 4) is 0 Å². The van der Waals surface area contributed by atoms with Gasteiger partial charge in [0.25, 0.3) is 0 Å². The Labute approximate surface area is 115 Å². The first kappa shape index (κ1) is 14.1. The Bertz CT molecular complexity index is 438. The summed E-state index contributed by atoms with van der Waals surface area (Å²) >= 11 is 0. The van der Waals surface area contributed by atoms with Crippen LogP contribution < -0.4 is 5.32 Å². The minimum absolute atomic E-state index is 0.0530. The average molecular weight is 261 g/mol. The monoisotopic (exact) mass is 261 g/mol. The second-order valence-corrected chi connectivity index (χ2v) is 5.32. The van der Waals surface area contributed by atoms with Gasteiger partial charge >= 0.3 is 0 Å². The maximum Gasteiger partial charge on any atom is 0.225 e. The second-order valence-electron chi connectivity index (χ2n) is 5.32. The summed E-state index contributed by atoms with van der Waals surface area (Å²) in [5, 5.41) is 12.0. The van der Waals surface area contributed by atoms with Gasteiger partial charge in [0.05, 0.1) is 12.5 Å². The predicted octanol–water partition coefficient (Wildman–Crippen LogP) is 2.20. The zero-order chi connectivity index (χ0) is 13.7. The Morgan fingerprint density at radius 1 is 1.32 bits per heavy atom. The normalized spacial score (nSPS) is 15.7. The standard InChI is InChI=1S/C16H23NO2/c1-2-13(11-18)16(19)17-10-12-7-8-14-5-3-4-6-15(14)9-12/h7-9,13,18H,2-6,10-11H2,1H3,(H,17,19). The predicted molar refractivity (Wildman–Crippen MR) is 75.8 cm³/mol. The van der Waals surface area contributed by atoms with Crippen LogP contribution in [0.4, 0.5) is 0 Å². The first-order chi connectivity index (χ1) is 9.24. The number of amides is 1. The molecule has 2 rings (SSSR count). The van der Waals surface area contributed by atoms with Crippen LogP contribution in [0, 0.1) is 5.92 Å². The van der Waals surface area contributed by atoms with Crippen LogP contribution in [0.15, 0.2) is 18.2 Å². The van der Waals surface area contributed by atoms with Crippen molar-refractivity contribution in [2.24, 2.45) is 5.92 Å². The second kappa shape index (κ2) is 6.71. The van der Waals surface area contributed by atoms with E-state index in [0.29, 0.717) is 13.0 Å². The van der Waals surface area contributed by atoms with E-state index in [4.69, 9.17) is 5.11 Å². The molecule has 1 unspecified atom stereocenters. The molecular weight excluding hydrogens is 238 g/mol. The van der Waals surface area contributed by atoms with E-state index in [1.807, 2.05) is 6.92 Å². The average Bonchev–Trinajstić information content (AvgIpc) is 2.46. The molecule has 1 aromatic carbocycles. The molecule has 19 heavy (non-hydrogen) atoms. The molecule has 0 saturated heterocycles. The number of hydrogen-bond acceptors (Lipinski definition) is 2. The fourth-order valence-corrected chi connectivity index (χ4v) is 2.63. The summed E-state index contributed by atoms with van der Waals surface area (Å²) in [6.45, 7) is 2.40. The van der Waals surface area contributed by atoms with Gasteiger partial charge < -0.3 is 10.4 Å². The molecule has 3 heteroatoms. The summed E-state index contributed by atoms with van der Waals surface area (Å²) in [7, 11) is 0. The van der Waals surface area contributed by atoms with Crippen LogP contribution >= 0.6 is 0 Å². The lowest BCUT2D eigenvalue weighted by molar-refractivity contribution is -0.126. The Balaban J connectivity index is 1.94. The Hall–Kier alpha value is -1.35. The van der Waals surface area contributed by atoms with Crippen LogP contribution in [-0.2, 0) is 24.2 Å². The SMILES string of the molecule is CCC(CO)C(=O)NCc1ccc2c(c1)CCCC2. The van der Waals surface area contributed by atoms with E-state index < -0.39 is 0 Å². The van der Waals surface area contributed by atoms with Crippen molar-refractivity contribution in [1.82, 2.24) is 5.32 Å². The van der Waals surface area contributed by atoms with Crippen molar-refractivity contribution in [1.29, 1.82) is 0 Å². The number of carbonyl (C=O) groups is 1. The Morgan fingerprint density at radius 2 is 2.05 bits per heavy atom. The minimum atomic E-state index is -0.280. The summed E-state index contributed by atoms with van der Waals surface area (Å²) in [6.07, 6.45) is 5.57. The van der Waals surface area contributed by atoms with Gasteiger partial charge in [-0.2, -0.15) is 0 Å².